The molecule has 3 rings (SSSR count). The smallest absolute Gasteiger partial charge is 0.339 e. The van der Waals surface area contributed by atoms with Gasteiger partial charge in [-0.3, -0.25) is 0 Å². The van der Waals surface area contributed by atoms with Crippen LogP contribution in [0.2, 0.25) is 5.15 Å². The Morgan fingerprint density at radius 2 is 2.10 bits per heavy atom. The molecule has 0 radical (unpaired) electrons. The Balaban J connectivity index is 1.92. The molecule has 2 heterocycles. The fourth-order valence-electron chi connectivity index (χ4n) is 2.21. The van der Waals surface area contributed by atoms with Crippen LogP contribution in [-0.2, 0) is 12.8 Å². The van der Waals surface area contributed by atoms with Crippen LogP contribution in [0.3, 0.4) is 0 Å². The summed E-state index contributed by atoms with van der Waals surface area (Å²) in [6.07, 6.45) is 4.38. The molecular formula is C13H12ClN3O2S. The summed E-state index contributed by atoms with van der Waals surface area (Å²) in [5.41, 5.74) is 1.20. The van der Waals surface area contributed by atoms with Crippen molar-refractivity contribution in [3.8, 4) is 0 Å². The van der Waals surface area contributed by atoms with E-state index in [4.69, 9.17) is 16.7 Å². The number of thiazole rings is 1. The number of aryl methyl sites for hydroxylation is 2. The lowest BCUT2D eigenvalue weighted by Crippen LogP contribution is -2.05. The van der Waals surface area contributed by atoms with Crippen molar-refractivity contribution in [1.82, 2.24) is 9.97 Å². The van der Waals surface area contributed by atoms with Gasteiger partial charge in [-0.15, -0.1) is 11.3 Å². The summed E-state index contributed by atoms with van der Waals surface area (Å²) in [5.74, 6) is -0.811. The lowest BCUT2D eigenvalue weighted by Gasteiger charge is -2.06. The average Bonchev–Trinajstić information content (AvgIpc) is 2.80. The molecular weight excluding hydrogens is 298 g/mol. The third kappa shape index (κ3) is 2.62. The van der Waals surface area contributed by atoms with Gasteiger partial charge in [-0.2, -0.15) is 0 Å². The van der Waals surface area contributed by atoms with Crippen molar-refractivity contribution in [3.63, 3.8) is 0 Å². The Bertz CT molecular complexity index is 648. The quantitative estimate of drug-likeness (QED) is 0.849. The van der Waals surface area contributed by atoms with Crippen molar-refractivity contribution in [3.05, 3.63) is 33.4 Å². The molecule has 7 heteroatoms. The van der Waals surface area contributed by atoms with Crippen LogP contribution in [0, 0.1) is 0 Å². The third-order valence-electron chi connectivity index (χ3n) is 3.16. The molecule has 0 atom stereocenters. The first-order valence-corrected chi connectivity index (χ1v) is 7.48. The van der Waals surface area contributed by atoms with E-state index in [1.165, 1.54) is 23.4 Å². The zero-order valence-electron chi connectivity index (χ0n) is 10.5. The summed E-state index contributed by atoms with van der Waals surface area (Å²) in [5, 5.41) is 13.1. The molecule has 0 spiro atoms. The molecule has 0 fully saturated rings. The number of halogens is 1. The number of anilines is 2. The molecule has 0 bridgehead atoms. The van der Waals surface area contributed by atoms with E-state index in [9.17, 15) is 4.79 Å². The van der Waals surface area contributed by atoms with Crippen LogP contribution in [0.4, 0.5) is 10.9 Å². The van der Waals surface area contributed by atoms with Crippen LogP contribution < -0.4 is 5.32 Å². The van der Waals surface area contributed by atoms with Gasteiger partial charge < -0.3 is 10.4 Å². The van der Waals surface area contributed by atoms with Gasteiger partial charge in [0.1, 0.15) is 16.5 Å². The molecule has 1 aliphatic rings. The number of nitrogens with one attached hydrogen (secondary N) is 1. The van der Waals surface area contributed by atoms with Crippen LogP contribution in [0.1, 0.15) is 33.8 Å². The number of hydrogen-bond acceptors (Lipinski definition) is 5. The first-order valence-electron chi connectivity index (χ1n) is 6.29. The Morgan fingerprint density at radius 3 is 2.85 bits per heavy atom. The fourth-order valence-corrected chi connectivity index (χ4v) is 3.41. The molecule has 0 unspecified atom stereocenters. The van der Waals surface area contributed by atoms with Gasteiger partial charge in [-0.05, 0) is 37.8 Å². The van der Waals surface area contributed by atoms with Gasteiger partial charge in [-0.25, -0.2) is 14.8 Å². The van der Waals surface area contributed by atoms with Crippen molar-refractivity contribution in [2.75, 3.05) is 5.32 Å². The number of nitrogens with zero attached hydrogens (tertiary/aromatic N) is 2. The summed E-state index contributed by atoms with van der Waals surface area (Å²) in [7, 11) is 0. The first kappa shape index (κ1) is 13.3. The highest BCUT2D eigenvalue weighted by atomic mass is 35.5. The Kier molecular flexibility index (Phi) is 3.58. The molecule has 1 aliphatic carbocycles. The molecule has 0 aromatic carbocycles. The maximum atomic E-state index is 11.2. The fraction of sp³-hybridized carbons (Fsp3) is 0.308. The summed E-state index contributed by atoms with van der Waals surface area (Å²) in [6.45, 7) is 0. The number of pyridine rings is 1. The third-order valence-corrected chi connectivity index (χ3v) is 4.45. The second kappa shape index (κ2) is 5.38. The molecule has 104 valence electrons. The molecule has 0 saturated carbocycles. The molecule has 20 heavy (non-hydrogen) atoms. The van der Waals surface area contributed by atoms with Gasteiger partial charge in [0.25, 0.3) is 0 Å². The molecule has 0 saturated heterocycles. The maximum Gasteiger partial charge on any atom is 0.339 e. The highest BCUT2D eigenvalue weighted by Gasteiger charge is 2.18. The lowest BCUT2D eigenvalue weighted by molar-refractivity contribution is 0.0697. The summed E-state index contributed by atoms with van der Waals surface area (Å²) in [4.78, 5) is 21.0. The van der Waals surface area contributed by atoms with Crippen LogP contribution in [-0.4, -0.2) is 21.0 Å². The predicted octanol–water partition coefficient (Wildman–Crippen LogP) is 3.51. The minimum absolute atomic E-state index is 0.0857. The van der Waals surface area contributed by atoms with Crippen LogP contribution in [0.15, 0.2) is 12.1 Å². The van der Waals surface area contributed by atoms with E-state index in [0.29, 0.717) is 5.13 Å². The molecule has 0 amide bonds. The normalized spacial score (nSPS) is 13.8. The molecule has 2 aromatic rings. The second-order valence-corrected chi connectivity index (χ2v) is 6.03. The van der Waals surface area contributed by atoms with E-state index in [1.807, 2.05) is 0 Å². The van der Waals surface area contributed by atoms with Crippen molar-refractivity contribution in [2.45, 2.75) is 25.7 Å². The van der Waals surface area contributed by atoms with E-state index in [1.54, 1.807) is 11.3 Å². The summed E-state index contributed by atoms with van der Waals surface area (Å²) < 4.78 is 0. The van der Waals surface area contributed by atoms with Crippen molar-refractivity contribution in [2.24, 2.45) is 0 Å². The van der Waals surface area contributed by atoms with Crippen molar-refractivity contribution in [1.29, 1.82) is 0 Å². The average molecular weight is 310 g/mol. The van der Waals surface area contributed by atoms with Crippen LogP contribution in [0.5, 0.6) is 0 Å². The van der Waals surface area contributed by atoms with Crippen molar-refractivity contribution < 1.29 is 9.90 Å². The van der Waals surface area contributed by atoms with Crippen LogP contribution in [0.25, 0.3) is 0 Å². The SMILES string of the molecule is O=C(O)c1ccc(Cl)nc1Nc1nc2c(s1)CCCC2. The standard InChI is InChI=1S/C13H12ClN3O2S/c14-10-6-5-7(12(18)19)11(16-10)17-13-15-8-3-1-2-4-9(8)20-13/h5-6H,1-4H2,(H,18,19)(H,15,16,17). The number of carboxylic acid groups (broad SMARTS) is 1. The van der Waals surface area contributed by atoms with E-state index < -0.39 is 5.97 Å². The van der Waals surface area contributed by atoms with Gasteiger partial charge >= 0.3 is 5.97 Å². The highest BCUT2D eigenvalue weighted by Crippen LogP contribution is 2.31. The van der Waals surface area contributed by atoms with Gasteiger partial charge in [-0.1, -0.05) is 11.6 Å². The Labute approximate surface area is 124 Å². The van der Waals surface area contributed by atoms with Crippen molar-refractivity contribution >= 4 is 39.9 Å². The number of carbonyl (C=O) groups is 1. The number of aromatic nitrogens is 2. The Morgan fingerprint density at radius 1 is 1.30 bits per heavy atom. The molecule has 2 aromatic heterocycles. The number of carboxylic acids is 1. The van der Waals surface area contributed by atoms with E-state index in [-0.39, 0.29) is 16.5 Å². The molecule has 0 aliphatic heterocycles. The highest BCUT2D eigenvalue weighted by molar-refractivity contribution is 7.15. The second-order valence-electron chi connectivity index (χ2n) is 4.56. The number of hydrogen-bond donors (Lipinski definition) is 2. The zero-order chi connectivity index (χ0) is 14.1. The van der Waals surface area contributed by atoms with E-state index in [0.717, 1.165) is 25.0 Å². The molecule has 2 N–H and O–H groups in total. The van der Waals surface area contributed by atoms with Gasteiger partial charge in [0, 0.05) is 4.88 Å². The summed E-state index contributed by atoms with van der Waals surface area (Å²) in [6, 6.07) is 2.90. The predicted molar refractivity (Wildman–Crippen MR) is 78.2 cm³/mol. The van der Waals surface area contributed by atoms with E-state index >= 15 is 0 Å². The Hall–Kier alpha value is -1.66. The van der Waals surface area contributed by atoms with Gasteiger partial charge in [0.05, 0.1) is 5.69 Å². The number of rotatable bonds is 3. The first-order chi connectivity index (χ1) is 9.63. The topological polar surface area (TPSA) is 75.1 Å². The maximum absolute atomic E-state index is 11.2. The van der Waals surface area contributed by atoms with Gasteiger partial charge in [0.2, 0.25) is 0 Å². The van der Waals surface area contributed by atoms with Gasteiger partial charge in [0.15, 0.2) is 5.13 Å². The summed E-state index contributed by atoms with van der Waals surface area (Å²) >= 11 is 7.39. The number of fused-ring (bicyclic) bond motifs is 1. The lowest BCUT2D eigenvalue weighted by atomic mass is 10.0. The monoisotopic (exact) mass is 309 g/mol. The minimum Gasteiger partial charge on any atom is -0.478 e. The molecule has 5 nitrogen and oxygen atoms in total. The minimum atomic E-state index is -1.04. The number of aromatic carboxylic acids is 1. The zero-order valence-corrected chi connectivity index (χ0v) is 12.1. The van der Waals surface area contributed by atoms with Crippen LogP contribution >= 0.6 is 22.9 Å². The largest absolute Gasteiger partial charge is 0.478 e. The van der Waals surface area contributed by atoms with E-state index in [2.05, 4.69) is 15.3 Å².